The van der Waals surface area contributed by atoms with Crippen LogP contribution in [0, 0.1) is 0 Å². The second-order valence-electron chi connectivity index (χ2n) is 8.25. The van der Waals surface area contributed by atoms with Gasteiger partial charge in [0.25, 0.3) is 5.91 Å². The van der Waals surface area contributed by atoms with Crippen LogP contribution in [0.4, 0.5) is 0 Å². The summed E-state index contributed by atoms with van der Waals surface area (Å²) in [5.41, 5.74) is 5.34. The quantitative estimate of drug-likeness (QED) is 0.236. The molecule has 0 aliphatic rings. The predicted octanol–water partition coefficient (Wildman–Crippen LogP) is 6.81. The fourth-order valence-corrected chi connectivity index (χ4v) is 4.24. The van der Waals surface area contributed by atoms with E-state index in [1.165, 1.54) is 0 Å². The van der Waals surface area contributed by atoms with Gasteiger partial charge in [0.15, 0.2) is 0 Å². The zero-order valence-corrected chi connectivity index (χ0v) is 21.1. The molecule has 0 unspecified atom stereocenters. The van der Waals surface area contributed by atoms with Crippen molar-refractivity contribution in [1.29, 1.82) is 0 Å². The molecule has 1 aromatic heterocycles. The average Bonchev–Trinajstić information content (AvgIpc) is 3.37. The molecule has 0 atom stereocenters. The molecule has 1 N–H and O–H groups in total. The molecule has 0 saturated carbocycles. The lowest BCUT2D eigenvalue weighted by Gasteiger charge is -2.09. The number of halogens is 1. The van der Waals surface area contributed by atoms with E-state index in [0.29, 0.717) is 18.7 Å². The van der Waals surface area contributed by atoms with Gasteiger partial charge in [-0.3, -0.25) is 4.79 Å². The highest BCUT2D eigenvalue weighted by atomic mass is 79.9. The van der Waals surface area contributed by atoms with Crippen molar-refractivity contribution in [3.63, 3.8) is 0 Å². The number of nitrogens with one attached hydrogen (secondary N) is 1. The monoisotopic (exact) mass is 537 g/mol. The molecule has 0 aliphatic carbocycles. The first kappa shape index (κ1) is 23.6. The summed E-state index contributed by atoms with van der Waals surface area (Å²) in [6, 6.07) is 35.1. The first-order chi connectivity index (χ1) is 17.7. The molecule has 0 bridgehead atoms. The number of aromatic nitrogens is 2. The number of benzene rings is 4. The van der Waals surface area contributed by atoms with Crippen LogP contribution in [0.3, 0.4) is 0 Å². The smallest absolute Gasteiger partial charge is 0.251 e. The second kappa shape index (κ2) is 11.1. The predicted molar refractivity (Wildman–Crippen MR) is 145 cm³/mol. The van der Waals surface area contributed by atoms with Gasteiger partial charge in [0.2, 0.25) is 0 Å². The SMILES string of the molecule is O=C(NCc1cn(-c2ccccc2)nc1-c1ccccc1)c1ccc(COc2ccccc2Br)cc1. The van der Waals surface area contributed by atoms with E-state index >= 15 is 0 Å². The molecular weight excluding hydrogens is 514 g/mol. The molecule has 36 heavy (non-hydrogen) atoms. The molecule has 0 radical (unpaired) electrons. The molecule has 0 saturated heterocycles. The van der Waals surface area contributed by atoms with Crippen molar-refractivity contribution >= 4 is 21.8 Å². The van der Waals surface area contributed by atoms with E-state index in [9.17, 15) is 4.79 Å². The van der Waals surface area contributed by atoms with Gasteiger partial charge in [0.1, 0.15) is 12.4 Å². The Labute approximate surface area is 218 Å². The van der Waals surface area contributed by atoms with Crippen LogP contribution in [0.5, 0.6) is 5.75 Å². The number of nitrogens with zero attached hydrogens (tertiary/aromatic N) is 2. The Morgan fingerprint density at radius 3 is 2.22 bits per heavy atom. The Balaban J connectivity index is 1.27. The summed E-state index contributed by atoms with van der Waals surface area (Å²) in [7, 11) is 0. The Bertz CT molecular complexity index is 1450. The number of amides is 1. The fourth-order valence-electron chi connectivity index (χ4n) is 3.84. The van der Waals surface area contributed by atoms with Crippen molar-refractivity contribution in [3.8, 4) is 22.7 Å². The molecule has 178 valence electrons. The lowest BCUT2D eigenvalue weighted by atomic mass is 10.1. The van der Waals surface area contributed by atoms with Gasteiger partial charge < -0.3 is 10.1 Å². The van der Waals surface area contributed by atoms with E-state index in [2.05, 4.69) is 21.2 Å². The lowest BCUT2D eigenvalue weighted by molar-refractivity contribution is 0.0951. The number of ether oxygens (including phenoxy) is 1. The van der Waals surface area contributed by atoms with E-state index in [4.69, 9.17) is 9.84 Å². The normalized spacial score (nSPS) is 10.7. The maximum Gasteiger partial charge on any atom is 0.251 e. The standard InChI is InChI=1S/C30H24BrN3O2/c31-27-13-7-8-14-28(27)36-21-22-15-17-24(18-16-22)30(35)32-19-25-20-34(26-11-5-2-6-12-26)33-29(25)23-9-3-1-4-10-23/h1-18,20H,19,21H2,(H,32,35). The van der Waals surface area contributed by atoms with Gasteiger partial charge in [-0.15, -0.1) is 0 Å². The molecule has 6 heteroatoms. The molecular formula is C30H24BrN3O2. The summed E-state index contributed by atoms with van der Waals surface area (Å²) in [5.74, 6) is 0.643. The van der Waals surface area contributed by atoms with Gasteiger partial charge in [-0.2, -0.15) is 5.10 Å². The van der Waals surface area contributed by atoms with Gasteiger partial charge in [0, 0.05) is 29.4 Å². The first-order valence-electron chi connectivity index (χ1n) is 11.6. The van der Waals surface area contributed by atoms with E-state index < -0.39 is 0 Å². The number of carbonyl (C=O) groups excluding carboxylic acids is 1. The first-order valence-corrected chi connectivity index (χ1v) is 12.4. The van der Waals surface area contributed by atoms with E-state index in [0.717, 1.165) is 38.3 Å². The summed E-state index contributed by atoms with van der Waals surface area (Å²) in [5, 5.41) is 7.86. The van der Waals surface area contributed by atoms with Crippen molar-refractivity contribution in [2.24, 2.45) is 0 Å². The van der Waals surface area contributed by atoms with E-state index in [1.54, 1.807) is 0 Å². The second-order valence-corrected chi connectivity index (χ2v) is 9.10. The molecule has 0 aliphatic heterocycles. The van der Waals surface area contributed by atoms with Crippen LogP contribution in [0.15, 0.2) is 120 Å². The minimum Gasteiger partial charge on any atom is -0.488 e. The Hall–Kier alpha value is -4.16. The summed E-state index contributed by atoms with van der Waals surface area (Å²) in [6.07, 6.45) is 1.97. The van der Waals surface area contributed by atoms with Crippen LogP contribution >= 0.6 is 15.9 Å². The molecule has 5 rings (SSSR count). The number of carbonyl (C=O) groups is 1. The lowest BCUT2D eigenvalue weighted by Crippen LogP contribution is -2.22. The van der Waals surface area contributed by atoms with Crippen molar-refractivity contribution in [1.82, 2.24) is 15.1 Å². The van der Waals surface area contributed by atoms with Crippen LogP contribution in [-0.4, -0.2) is 15.7 Å². The minimum atomic E-state index is -0.139. The zero-order valence-electron chi connectivity index (χ0n) is 19.5. The third-order valence-corrected chi connectivity index (χ3v) is 6.40. The maximum absolute atomic E-state index is 12.9. The molecule has 1 amide bonds. The van der Waals surface area contributed by atoms with Gasteiger partial charge in [-0.1, -0.05) is 72.8 Å². The highest BCUT2D eigenvalue weighted by Gasteiger charge is 2.14. The molecule has 5 nitrogen and oxygen atoms in total. The third-order valence-electron chi connectivity index (χ3n) is 5.74. The Morgan fingerprint density at radius 2 is 1.50 bits per heavy atom. The average molecular weight is 538 g/mol. The van der Waals surface area contributed by atoms with Crippen LogP contribution in [0.1, 0.15) is 21.5 Å². The van der Waals surface area contributed by atoms with Crippen molar-refractivity contribution in [3.05, 3.63) is 137 Å². The molecule has 0 fully saturated rings. The van der Waals surface area contributed by atoms with Gasteiger partial charge in [0.05, 0.1) is 15.9 Å². The van der Waals surface area contributed by atoms with Crippen LogP contribution in [0.25, 0.3) is 16.9 Å². The van der Waals surface area contributed by atoms with Crippen LogP contribution in [0.2, 0.25) is 0 Å². The van der Waals surface area contributed by atoms with Crippen molar-refractivity contribution < 1.29 is 9.53 Å². The molecule has 4 aromatic carbocycles. The minimum absolute atomic E-state index is 0.139. The van der Waals surface area contributed by atoms with Crippen molar-refractivity contribution in [2.45, 2.75) is 13.2 Å². The van der Waals surface area contributed by atoms with Gasteiger partial charge >= 0.3 is 0 Å². The van der Waals surface area contributed by atoms with Crippen LogP contribution < -0.4 is 10.1 Å². The van der Waals surface area contributed by atoms with E-state index in [-0.39, 0.29) is 5.91 Å². The maximum atomic E-state index is 12.9. The van der Waals surface area contributed by atoms with E-state index in [1.807, 2.05) is 120 Å². The van der Waals surface area contributed by atoms with Crippen molar-refractivity contribution in [2.75, 3.05) is 0 Å². The van der Waals surface area contributed by atoms with Gasteiger partial charge in [-0.25, -0.2) is 4.68 Å². The third kappa shape index (κ3) is 5.56. The fraction of sp³-hybridized carbons (Fsp3) is 0.0667. The number of para-hydroxylation sites is 2. The largest absolute Gasteiger partial charge is 0.488 e. The van der Waals surface area contributed by atoms with Gasteiger partial charge in [-0.05, 0) is 57.9 Å². The number of hydrogen-bond donors (Lipinski definition) is 1. The molecule has 5 aromatic rings. The Morgan fingerprint density at radius 1 is 0.833 bits per heavy atom. The molecule has 1 heterocycles. The van der Waals surface area contributed by atoms with Crippen LogP contribution in [-0.2, 0) is 13.2 Å². The number of rotatable bonds is 8. The highest BCUT2D eigenvalue weighted by molar-refractivity contribution is 9.10. The summed E-state index contributed by atoms with van der Waals surface area (Å²) in [6.45, 7) is 0.784. The summed E-state index contributed by atoms with van der Waals surface area (Å²) in [4.78, 5) is 12.9. The molecule has 0 spiro atoms. The summed E-state index contributed by atoms with van der Waals surface area (Å²) < 4.78 is 8.63. The number of hydrogen-bond acceptors (Lipinski definition) is 3. The zero-order chi connectivity index (χ0) is 24.7. The topological polar surface area (TPSA) is 56.2 Å². The summed E-state index contributed by atoms with van der Waals surface area (Å²) >= 11 is 3.49. The Kier molecular flexibility index (Phi) is 7.24. The highest BCUT2D eigenvalue weighted by Crippen LogP contribution is 2.25.